The second-order valence-electron chi connectivity index (χ2n) is 2.78. The van der Waals surface area contributed by atoms with Gasteiger partial charge in [0.2, 0.25) is 0 Å². The smallest absolute Gasteiger partial charge is 0.318 e. The summed E-state index contributed by atoms with van der Waals surface area (Å²) in [7, 11) is 0. The first kappa shape index (κ1) is 13.3. The molecule has 6 heteroatoms. The van der Waals surface area contributed by atoms with Gasteiger partial charge in [0.25, 0.3) is 0 Å². The minimum atomic E-state index is -0.979. The average Bonchev–Trinajstić information content (AvgIpc) is 2.15. The van der Waals surface area contributed by atoms with Gasteiger partial charge < -0.3 is 5.11 Å². The zero-order chi connectivity index (χ0) is 11.6. The fourth-order valence-corrected chi connectivity index (χ4v) is 2.93. The molecule has 2 unspecified atom stereocenters. The number of aliphatic carboxylic acids is 1. The summed E-state index contributed by atoms with van der Waals surface area (Å²) in [6.07, 6.45) is 0. The van der Waals surface area contributed by atoms with Crippen molar-refractivity contribution in [2.24, 2.45) is 0 Å². The molecule has 0 amide bonds. The molecule has 0 bridgehead atoms. The Labute approximate surface area is 114 Å². The lowest BCUT2D eigenvalue weighted by molar-refractivity contribution is -0.136. The van der Waals surface area contributed by atoms with Crippen LogP contribution in [0.15, 0.2) is 18.2 Å². The number of carbonyl (C=O) groups is 1. The normalized spacial score (nSPS) is 14.7. The Morgan fingerprint density at radius 3 is 2.13 bits per heavy atom. The molecule has 15 heavy (non-hydrogen) atoms. The Balaban J connectivity index is 3.10. The predicted molar refractivity (Wildman–Crippen MR) is 68.5 cm³/mol. The van der Waals surface area contributed by atoms with E-state index in [1.165, 1.54) is 0 Å². The highest BCUT2D eigenvalue weighted by Gasteiger charge is 2.27. The Morgan fingerprint density at radius 1 is 1.27 bits per heavy atom. The van der Waals surface area contributed by atoms with Gasteiger partial charge in [-0.1, -0.05) is 61.1 Å². The predicted octanol–water partition coefficient (Wildman–Crippen LogP) is 4.28. The van der Waals surface area contributed by atoms with Gasteiger partial charge in [-0.15, -0.1) is 0 Å². The van der Waals surface area contributed by atoms with Crippen molar-refractivity contribution in [3.63, 3.8) is 0 Å². The number of carboxylic acids is 1. The van der Waals surface area contributed by atoms with Crippen LogP contribution in [0.25, 0.3) is 0 Å². The van der Waals surface area contributed by atoms with Crippen molar-refractivity contribution in [3.8, 4) is 0 Å². The van der Waals surface area contributed by atoms with Gasteiger partial charge in [-0.05, 0) is 12.1 Å². The van der Waals surface area contributed by atoms with Crippen LogP contribution in [0.2, 0.25) is 10.0 Å². The molecule has 1 rings (SSSR count). The topological polar surface area (TPSA) is 37.3 Å². The van der Waals surface area contributed by atoms with E-state index in [9.17, 15) is 4.79 Å². The number of carboxylic acid groups (broad SMARTS) is 1. The molecule has 0 saturated carbocycles. The molecule has 0 heterocycles. The molecule has 82 valence electrons. The van der Waals surface area contributed by atoms with Gasteiger partial charge in [-0.3, -0.25) is 4.79 Å². The number of benzene rings is 1. The Bertz CT molecular complexity index is 364. The molecule has 0 radical (unpaired) electrons. The molecule has 0 aliphatic heterocycles. The van der Waals surface area contributed by atoms with Crippen molar-refractivity contribution >= 4 is 61.0 Å². The van der Waals surface area contributed by atoms with Gasteiger partial charge in [-0.2, -0.15) is 0 Å². The zero-order valence-corrected chi connectivity index (χ0v) is 11.9. The second kappa shape index (κ2) is 5.53. The summed E-state index contributed by atoms with van der Waals surface area (Å²) in [5.41, 5.74) is 0.574. The number of hydrogen-bond donors (Lipinski definition) is 1. The molecule has 0 spiro atoms. The van der Waals surface area contributed by atoms with E-state index in [4.69, 9.17) is 28.3 Å². The van der Waals surface area contributed by atoms with Crippen molar-refractivity contribution in [2.75, 3.05) is 0 Å². The van der Waals surface area contributed by atoms with Crippen LogP contribution in [0, 0.1) is 0 Å². The fourth-order valence-electron chi connectivity index (χ4n) is 1.05. The van der Waals surface area contributed by atoms with Gasteiger partial charge in [0.05, 0.1) is 4.83 Å². The largest absolute Gasteiger partial charge is 0.480 e. The molecule has 0 aromatic heterocycles. The molecule has 2 atom stereocenters. The Kier molecular flexibility index (Phi) is 4.90. The molecule has 1 N–H and O–H groups in total. The maximum atomic E-state index is 10.8. The zero-order valence-electron chi connectivity index (χ0n) is 7.25. The van der Waals surface area contributed by atoms with E-state index in [2.05, 4.69) is 31.9 Å². The summed E-state index contributed by atoms with van der Waals surface area (Å²) in [6.45, 7) is 0. The van der Waals surface area contributed by atoms with E-state index in [0.717, 1.165) is 0 Å². The van der Waals surface area contributed by atoms with Crippen molar-refractivity contribution in [1.82, 2.24) is 0 Å². The van der Waals surface area contributed by atoms with E-state index in [-0.39, 0.29) is 0 Å². The summed E-state index contributed by atoms with van der Waals surface area (Å²) in [6, 6.07) is 5.04. The van der Waals surface area contributed by atoms with Crippen LogP contribution in [0.5, 0.6) is 0 Å². The van der Waals surface area contributed by atoms with Crippen LogP contribution in [0.3, 0.4) is 0 Å². The summed E-state index contributed by atoms with van der Waals surface area (Å²) >= 11 is 18.2. The van der Waals surface area contributed by atoms with Gasteiger partial charge in [0, 0.05) is 15.6 Å². The maximum absolute atomic E-state index is 10.8. The lowest BCUT2D eigenvalue weighted by Crippen LogP contribution is -2.18. The number of halogens is 4. The highest BCUT2D eigenvalue weighted by Crippen LogP contribution is 2.39. The minimum absolute atomic E-state index is 0.440. The van der Waals surface area contributed by atoms with Crippen molar-refractivity contribution < 1.29 is 9.90 Å². The van der Waals surface area contributed by atoms with E-state index < -0.39 is 15.6 Å². The summed E-state index contributed by atoms with van der Waals surface area (Å²) < 4.78 is 0. The van der Waals surface area contributed by atoms with Crippen LogP contribution in [-0.4, -0.2) is 15.9 Å². The van der Waals surface area contributed by atoms with E-state index in [1.54, 1.807) is 18.2 Å². The molecular formula is C9H6Br2Cl2O2. The van der Waals surface area contributed by atoms with Gasteiger partial charge in [0.1, 0.15) is 4.83 Å². The summed E-state index contributed by atoms with van der Waals surface area (Å²) in [4.78, 5) is 9.52. The van der Waals surface area contributed by atoms with E-state index in [1.807, 2.05) is 0 Å². The molecular weight excluding hydrogens is 371 g/mol. The molecule has 1 aromatic rings. The van der Waals surface area contributed by atoms with Crippen LogP contribution >= 0.6 is 55.1 Å². The third-order valence-corrected chi connectivity index (χ3v) is 5.04. The van der Waals surface area contributed by atoms with Gasteiger partial charge in [-0.25, -0.2) is 0 Å². The van der Waals surface area contributed by atoms with Crippen LogP contribution in [0.1, 0.15) is 10.4 Å². The number of rotatable bonds is 3. The molecule has 1 aromatic carbocycles. The molecule has 0 saturated heterocycles. The Morgan fingerprint density at radius 2 is 1.73 bits per heavy atom. The monoisotopic (exact) mass is 374 g/mol. The first-order chi connectivity index (χ1) is 6.95. The third-order valence-electron chi connectivity index (χ3n) is 1.77. The third kappa shape index (κ3) is 3.09. The van der Waals surface area contributed by atoms with E-state index in [0.29, 0.717) is 15.6 Å². The lowest BCUT2D eigenvalue weighted by Gasteiger charge is -2.16. The number of alkyl halides is 2. The Hall–Kier alpha value is 0.230. The standard InChI is InChI=1S/C9H6Br2Cl2O2/c10-7(8(11)9(14)15)6-4(12)2-1-3-5(6)13/h1-3,7-8H,(H,14,15). The summed E-state index contributed by atoms with van der Waals surface area (Å²) in [5.74, 6) is -0.979. The second-order valence-corrected chi connectivity index (χ2v) is 5.56. The van der Waals surface area contributed by atoms with Crippen molar-refractivity contribution in [2.45, 2.75) is 9.65 Å². The first-order valence-electron chi connectivity index (χ1n) is 3.90. The molecule has 2 nitrogen and oxygen atoms in total. The quantitative estimate of drug-likeness (QED) is 0.799. The number of hydrogen-bond acceptors (Lipinski definition) is 1. The van der Waals surface area contributed by atoms with Crippen LogP contribution < -0.4 is 0 Å². The van der Waals surface area contributed by atoms with Crippen molar-refractivity contribution in [3.05, 3.63) is 33.8 Å². The van der Waals surface area contributed by atoms with Gasteiger partial charge in [0.15, 0.2) is 0 Å². The molecule has 0 aliphatic rings. The highest BCUT2D eigenvalue weighted by atomic mass is 79.9. The molecule has 0 fully saturated rings. The lowest BCUT2D eigenvalue weighted by atomic mass is 10.1. The SMILES string of the molecule is O=C(O)C(Br)C(Br)c1c(Cl)cccc1Cl. The van der Waals surface area contributed by atoms with Gasteiger partial charge >= 0.3 is 5.97 Å². The summed E-state index contributed by atoms with van der Waals surface area (Å²) in [5, 5.41) is 9.71. The maximum Gasteiger partial charge on any atom is 0.318 e. The van der Waals surface area contributed by atoms with E-state index >= 15 is 0 Å². The van der Waals surface area contributed by atoms with Crippen LogP contribution in [-0.2, 0) is 4.79 Å². The highest BCUT2D eigenvalue weighted by molar-refractivity contribution is 9.12. The molecule has 0 aliphatic carbocycles. The average molecular weight is 377 g/mol. The minimum Gasteiger partial charge on any atom is -0.480 e. The fraction of sp³-hybridized carbons (Fsp3) is 0.222. The first-order valence-corrected chi connectivity index (χ1v) is 6.48. The van der Waals surface area contributed by atoms with Crippen LogP contribution in [0.4, 0.5) is 0 Å². The van der Waals surface area contributed by atoms with Crippen molar-refractivity contribution in [1.29, 1.82) is 0 Å².